The summed E-state index contributed by atoms with van der Waals surface area (Å²) in [6.45, 7) is 7.27. The number of thiazole rings is 1. The lowest BCUT2D eigenvalue weighted by molar-refractivity contribution is 0.835. The molecule has 2 aromatic rings. The average Bonchev–Trinajstić information content (AvgIpc) is 2.81. The summed E-state index contributed by atoms with van der Waals surface area (Å²) in [7, 11) is 0. The van der Waals surface area contributed by atoms with Gasteiger partial charge in [0.2, 0.25) is 0 Å². The standard InChI is InChI=1S/C14H18BrN3S/c1-9(2)14-18-12(8-19-14)4-5-16-13-10(3)6-11(15)7-17-13/h6-9H,4-5H2,1-3H3,(H,16,17). The minimum atomic E-state index is 0.516. The molecule has 0 aliphatic carbocycles. The van der Waals surface area contributed by atoms with Crippen LogP contribution in [0.5, 0.6) is 0 Å². The average molecular weight is 340 g/mol. The van der Waals surface area contributed by atoms with E-state index in [0.717, 1.165) is 34.5 Å². The van der Waals surface area contributed by atoms with Crippen LogP contribution in [-0.4, -0.2) is 16.5 Å². The van der Waals surface area contributed by atoms with E-state index in [0.29, 0.717) is 5.92 Å². The number of nitrogens with zero attached hydrogens (tertiary/aromatic N) is 2. The lowest BCUT2D eigenvalue weighted by atomic mass is 10.2. The van der Waals surface area contributed by atoms with E-state index in [4.69, 9.17) is 0 Å². The SMILES string of the molecule is Cc1cc(Br)cnc1NCCc1csc(C(C)C)n1. The van der Waals surface area contributed by atoms with Crippen LogP contribution < -0.4 is 5.32 Å². The Morgan fingerprint density at radius 3 is 2.84 bits per heavy atom. The van der Waals surface area contributed by atoms with E-state index in [-0.39, 0.29) is 0 Å². The van der Waals surface area contributed by atoms with Gasteiger partial charge in [-0.1, -0.05) is 13.8 Å². The fourth-order valence-electron chi connectivity index (χ4n) is 1.74. The van der Waals surface area contributed by atoms with Gasteiger partial charge in [-0.3, -0.25) is 0 Å². The largest absolute Gasteiger partial charge is 0.369 e. The van der Waals surface area contributed by atoms with Crippen LogP contribution in [-0.2, 0) is 6.42 Å². The minimum Gasteiger partial charge on any atom is -0.369 e. The van der Waals surface area contributed by atoms with Crippen LogP contribution in [0.15, 0.2) is 22.1 Å². The van der Waals surface area contributed by atoms with Gasteiger partial charge in [-0.25, -0.2) is 9.97 Å². The van der Waals surface area contributed by atoms with Gasteiger partial charge in [0.1, 0.15) is 5.82 Å². The Balaban J connectivity index is 1.89. The van der Waals surface area contributed by atoms with Crippen LogP contribution in [0.2, 0.25) is 0 Å². The number of nitrogens with one attached hydrogen (secondary N) is 1. The van der Waals surface area contributed by atoms with Crippen molar-refractivity contribution in [2.45, 2.75) is 33.1 Å². The maximum atomic E-state index is 4.63. The molecule has 0 aliphatic heterocycles. The van der Waals surface area contributed by atoms with E-state index >= 15 is 0 Å². The third kappa shape index (κ3) is 4.01. The molecule has 0 amide bonds. The fourth-order valence-corrected chi connectivity index (χ4v) is 3.05. The molecule has 0 radical (unpaired) electrons. The summed E-state index contributed by atoms with van der Waals surface area (Å²) >= 11 is 5.17. The second-order valence-electron chi connectivity index (χ2n) is 4.83. The van der Waals surface area contributed by atoms with Gasteiger partial charge in [0, 0.05) is 34.9 Å². The second kappa shape index (κ2) is 6.48. The molecule has 0 atom stereocenters. The Hall–Kier alpha value is -0.940. The summed E-state index contributed by atoms with van der Waals surface area (Å²) in [6.07, 6.45) is 2.75. The smallest absolute Gasteiger partial charge is 0.128 e. The molecule has 0 bridgehead atoms. The van der Waals surface area contributed by atoms with E-state index in [1.165, 1.54) is 5.01 Å². The van der Waals surface area contributed by atoms with E-state index < -0.39 is 0 Å². The van der Waals surface area contributed by atoms with Crippen LogP contribution in [0.3, 0.4) is 0 Å². The number of anilines is 1. The van der Waals surface area contributed by atoms with Gasteiger partial charge in [0.15, 0.2) is 0 Å². The predicted octanol–water partition coefficient (Wildman–Crippen LogP) is 4.39. The maximum Gasteiger partial charge on any atom is 0.128 e. The monoisotopic (exact) mass is 339 g/mol. The maximum absolute atomic E-state index is 4.63. The van der Waals surface area contributed by atoms with Crippen molar-refractivity contribution in [3.05, 3.63) is 38.4 Å². The van der Waals surface area contributed by atoms with Gasteiger partial charge in [0.05, 0.1) is 10.7 Å². The number of pyridine rings is 1. The summed E-state index contributed by atoms with van der Waals surface area (Å²) in [5, 5.41) is 6.73. The van der Waals surface area contributed by atoms with Gasteiger partial charge in [0.25, 0.3) is 0 Å². The molecular weight excluding hydrogens is 322 g/mol. The van der Waals surface area contributed by atoms with Crippen LogP contribution >= 0.6 is 27.3 Å². The first-order valence-electron chi connectivity index (χ1n) is 6.36. The quantitative estimate of drug-likeness (QED) is 0.877. The lowest BCUT2D eigenvalue weighted by Gasteiger charge is -2.07. The van der Waals surface area contributed by atoms with E-state index in [2.05, 4.69) is 63.4 Å². The van der Waals surface area contributed by atoms with Crippen molar-refractivity contribution in [1.82, 2.24) is 9.97 Å². The van der Waals surface area contributed by atoms with Crippen molar-refractivity contribution >= 4 is 33.1 Å². The van der Waals surface area contributed by atoms with Gasteiger partial charge < -0.3 is 5.32 Å². The van der Waals surface area contributed by atoms with E-state index in [9.17, 15) is 0 Å². The van der Waals surface area contributed by atoms with Crippen molar-refractivity contribution in [2.75, 3.05) is 11.9 Å². The molecule has 0 saturated heterocycles. The third-order valence-electron chi connectivity index (χ3n) is 2.78. The Labute approximate surface area is 126 Å². The Morgan fingerprint density at radius 2 is 2.21 bits per heavy atom. The first-order chi connectivity index (χ1) is 9.06. The summed E-state index contributed by atoms with van der Waals surface area (Å²) in [5.41, 5.74) is 2.31. The third-order valence-corrected chi connectivity index (χ3v) is 4.41. The topological polar surface area (TPSA) is 37.8 Å². The highest BCUT2D eigenvalue weighted by Crippen LogP contribution is 2.20. The first kappa shape index (κ1) is 14.5. The van der Waals surface area contributed by atoms with Crippen molar-refractivity contribution in [3.63, 3.8) is 0 Å². The first-order valence-corrected chi connectivity index (χ1v) is 8.04. The Kier molecular flexibility index (Phi) is 4.93. The molecule has 2 aromatic heterocycles. The number of halogens is 1. The normalized spacial score (nSPS) is 11.0. The highest BCUT2D eigenvalue weighted by molar-refractivity contribution is 9.10. The molecule has 0 spiro atoms. The molecule has 0 fully saturated rings. The van der Waals surface area contributed by atoms with Crippen molar-refractivity contribution in [2.24, 2.45) is 0 Å². The highest BCUT2D eigenvalue weighted by atomic mass is 79.9. The van der Waals surface area contributed by atoms with E-state index in [1.807, 2.05) is 6.20 Å². The van der Waals surface area contributed by atoms with Crippen LogP contribution in [0.25, 0.3) is 0 Å². The molecule has 2 heterocycles. The molecule has 3 nitrogen and oxygen atoms in total. The Morgan fingerprint density at radius 1 is 1.42 bits per heavy atom. The summed E-state index contributed by atoms with van der Waals surface area (Å²) < 4.78 is 1.01. The molecule has 0 aliphatic rings. The molecule has 0 aromatic carbocycles. The molecule has 0 saturated carbocycles. The number of hydrogen-bond donors (Lipinski definition) is 1. The Bertz CT molecular complexity index is 551. The summed E-state index contributed by atoms with van der Waals surface area (Å²) in [4.78, 5) is 8.99. The number of aryl methyl sites for hydroxylation is 1. The van der Waals surface area contributed by atoms with Gasteiger partial charge in [-0.15, -0.1) is 11.3 Å². The zero-order chi connectivity index (χ0) is 13.8. The summed E-state index contributed by atoms with van der Waals surface area (Å²) in [5.74, 6) is 1.46. The number of aromatic nitrogens is 2. The highest BCUT2D eigenvalue weighted by Gasteiger charge is 2.06. The van der Waals surface area contributed by atoms with Crippen molar-refractivity contribution in [3.8, 4) is 0 Å². The zero-order valence-corrected chi connectivity index (χ0v) is 13.8. The van der Waals surface area contributed by atoms with Gasteiger partial charge in [-0.2, -0.15) is 0 Å². The van der Waals surface area contributed by atoms with Crippen molar-refractivity contribution in [1.29, 1.82) is 0 Å². The van der Waals surface area contributed by atoms with Crippen LogP contribution in [0.4, 0.5) is 5.82 Å². The van der Waals surface area contributed by atoms with E-state index in [1.54, 1.807) is 11.3 Å². The molecule has 5 heteroatoms. The predicted molar refractivity (Wildman–Crippen MR) is 85.1 cm³/mol. The summed E-state index contributed by atoms with van der Waals surface area (Å²) in [6, 6.07) is 2.06. The van der Waals surface area contributed by atoms with Crippen LogP contribution in [0.1, 0.15) is 36.0 Å². The number of hydrogen-bond acceptors (Lipinski definition) is 4. The van der Waals surface area contributed by atoms with Gasteiger partial charge in [-0.05, 0) is 34.5 Å². The number of rotatable bonds is 5. The van der Waals surface area contributed by atoms with Gasteiger partial charge >= 0.3 is 0 Å². The molecule has 19 heavy (non-hydrogen) atoms. The molecule has 0 unspecified atom stereocenters. The molecule has 2 rings (SSSR count). The van der Waals surface area contributed by atoms with Crippen LogP contribution in [0, 0.1) is 6.92 Å². The van der Waals surface area contributed by atoms with Crippen molar-refractivity contribution < 1.29 is 0 Å². The second-order valence-corrected chi connectivity index (χ2v) is 6.63. The zero-order valence-electron chi connectivity index (χ0n) is 11.4. The fraction of sp³-hybridized carbons (Fsp3) is 0.429. The molecule has 102 valence electrons. The molecular formula is C14H18BrN3S. The lowest BCUT2D eigenvalue weighted by Crippen LogP contribution is -2.07. The molecule has 1 N–H and O–H groups in total. The minimum absolute atomic E-state index is 0.516.